The number of aliphatic hydroxyl groups is 1. The third-order valence-corrected chi connectivity index (χ3v) is 4.14. The fraction of sp³-hybridized carbons (Fsp3) is 0.583. The highest BCUT2D eigenvalue weighted by Crippen LogP contribution is 2.25. The Hall–Kier alpha value is -0.740. The van der Waals surface area contributed by atoms with E-state index < -0.39 is 0 Å². The predicted octanol–water partition coefficient (Wildman–Crippen LogP) is 1.82. The molecular formula is C12H18N2OS. The average Bonchev–Trinajstić information content (AvgIpc) is 2.80. The lowest BCUT2D eigenvalue weighted by Gasteiger charge is -2.25. The third kappa shape index (κ3) is 2.50. The summed E-state index contributed by atoms with van der Waals surface area (Å²) in [5, 5.41) is 9.18. The van der Waals surface area contributed by atoms with Crippen molar-refractivity contribution in [1.82, 2.24) is 4.98 Å². The molecule has 1 aliphatic heterocycles. The quantitative estimate of drug-likeness (QED) is 0.871. The fourth-order valence-corrected chi connectivity index (χ4v) is 3.28. The Morgan fingerprint density at radius 1 is 1.56 bits per heavy atom. The summed E-state index contributed by atoms with van der Waals surface area (Å²) < 4.78 is 0. The van der Waals surface area contributed by atoms with Gasteiger partial charge in [0.25, 0.3) is 0 Å². The first kappa shape index (κ1) is 11.7. The van der Waals surface area contributed by atoms with E-state index >= 15 is 0 Å². The Morgan fingerprint density at radius 3 is 3.00 bits per heavy atom. The van der Waals surface area contributed by atoms with Crippen LogP contribution in [0, 0.1) is 6.92 Å². The molecule has 1 N–H and O–H groups in total. The molecule has 88 valence electrons. The molecule has 1 atom stereocenters. The van der Waals surface area contributed by atoms with Gasteiger partial charge in [-0.2, -0.15) is 11.8 Å². The maximum atomic E-state index is 9.18. The molecule has 1 fully saturated rings. The minimum absolute atomic E-state index is 0.0869. The van der Waals surface area contributed by atoms with Crippen LogP contribution in [-0.4, -0.2) is 34.7 Å². The van der Waals surface area contributed by atoms with Gasteiger partial charge in [0.1, 0.15) is 5.82 Å². The van der Waals surface area contributed by atoms with Crippen LogP contribution in [0.4, 0.5) is 5.82 Å². The van der Waals surface area contributed by atoms with Crippen molar-refractivity contribution < 1.29 is 5.11 Å². The zero-order valence-corrected chi connectivity index (χ0v) is 10.6. The van der Waals surface area contributed by atoms with Gasteiger partial charge < -0.3 is 10.0 Å². The maximum Gasteiger partial charge on any atom is 0.129 e. The first-order valence-corrected chi connectivity index (χ1v) is 6.75. The zero-order chi connectivity index (χ0) is 11.5. The predicted molar refractivity (Wildman–Crippen MR) is 69.0 cm³/mol. The molecule has 2 heterocycles. The van der Waals surface area contributed by atoms with E-state index in [-0.39, 0.29) is 6.61 Å². The molecular weight excluding hydrogens is 220 g/mol. The van der Waals surface area contributed by atoms with Crippen LogP contribution in [0.3, 0.4) is 0 Å². The number of aliphatic hydroxyl groups excluding tert-OH is 1. The van der Waals surface area contributed by atoms with Crippen molar-refractivity contribution in [3.05, 3.63) is 23.4 Å². The fourth-order valence-electron chi connectivity index (χ4n) is 2.01. The number of thioether (sulfide) groups is 1. The molecule has 0 aliphatic carbocycles. The highest BCUT2D eigenvalue weighted by Gasteiger charge is 2.21. The van der Waals surface area contributed by atoms with Gasteiger partial charge in [-0.05, 0) is 36.8 Å². The largest absolute Gasteiger partial charge is 0.392 e. The normalized spacial score (nSPS) is 20.1. The lowest BCUT2D eigenvalue weighted by Crippen LogP contribution is -2.32. The van der Waals surface area contributed by atoms with Crippen molar-refractivity contribution in [2.45, 2.75) is 26.0 Å². The topological polar surface area (TPSA) is 36.4 Å². The van der Waals surface area contributed by atoms with E-state index in [1.54, 1.807) is 0 Å². The van der Waals surface area contributed by atoms with Crippen LogP contribution in [-0.2, 0) is 6.61 Å². The van der Waals surface area contributed by atoms with Crippen LogP contribution in [0.1, 0.15) is 17.7 Å². The summed E-state index contributed by atoms with van der Waals surface area (Å²) >= 11 is 2.00. The Bertz CT molecular complexity index is 364. The molecule has 0 bridgehead atoms. The minimum atomic E-state index is 0.0869. The van der Waals surface area contributed by atoms with Gasteiger partial charge in [-0.3, -0.25) is 0 Å². The Balaban J connectivity index is 2.21. The van der Waals surface area contributed by atoms with E-state index in [0.717, 1.165) is 17.1 Å². The van der Waals surface area contributed by atoms with Gasteiger partial charge in [0, 0.05) is 24.5 Å². The summed E-state index contributed by atoms with van der Waals surface area (Å²) in [6.45, 7) is 2.06. The molecule has 1 aromatic rings. The number of aryl methyl sites for hydroxylation is 1. The standard InChI is InChI=1S/C12H18N2OS/c1-9-5-10(7-15)6-12(13-9)14(2)11-3-4-16-8-11/h5-6,11,15H,3-4,7-8H2,1-2H3. The summed E-state index contributed by atoms with van der Waals surface area (Å²) in [5.41, 5.74) is 1.92. The van der Waals surface area contributed by atoms with Gasteiger partial charge in [-0.15, -0.1) is 0 Å². The van der Waals surface area contributed by atoms with Crippen LogP contribution in [0.2, 0.25) is 0 Å². The molecule has 3 nitrogen and oxygen atoms in total. The smallest absolute Gasteiger partial charge is 0.129 e. The molecule has 0 aromatic carbocycles. The second kappa shape index (κ2) is 5.06. The molecule has 16 heavy (non-hydrogen) atoms. The van der Waals surface area contributed by atoms with Crippen LogP contribution in [0.5, 0.6) is 0 Å². The molecule has 0 amide bonds. The van der Waals surface area contributed by atoms with E-state index in [4.69, 9.17) is 0 Å². The van der Waals surface area contributed by atoms with Crippen molar-refractivity contribution in [3.8, 4) is 0 Å². The van der Waals surface area contributed by atoms with E-state index in [1.165, 1.54) is 17.9 Å². The summed E-state index contributed by atoms with van der Waals surface area (Å²) in [6.07, 6.45) is 1.23. The van der Waals surface area contributed by atoms with Gasteiger partial charge in [0.2, 0.25) is 0 Å². The number of nitrogens with zero attached hydrogens (tertiary/aromatic N) is 2. The van der Waals surface area contributed by atoms with Crippen molar-refractivity contribution in [1.29, 1.82) is 0 Å². The zero-order valence-electron chi connectivity index (χ0n) is 9.81. The Labute approximate surface area is 101 Å². The molecule has 4 heteroatoms. The molecule has 1 saturated heterocycles. The number of hydrogen-bond donors (Lipinski definition) is 1. The van der Waals surface area contributed by atoms with E-state index in [0.29, 0.717) is 6.04 Å². The SMILES string of the molecule is Cc1cc(CO)cc(N(C)C2CCSC2)n1. The highest BCUT2D eigenvalue weighted by atomic mass is 32.2. The van der Waals surface area contributed by atoms with Gasteiger partial charge in [-0.1, -0.05) is 0 Å². The monoisotopic (exact) mass is 238 g/mol. The second-order valence-electron chi connectivity index (χ2n) is 4.26. The summed E-state index contributed by atoms with van der Waals surface area (Å²) in [5.74, 6) is 3.41. The highest BCUT2D eigenvalue weighted by molar-refractivity contribution is 7.99. The number of hydrogen-bond acceptors (Lipinski definition) is 4. The average molecular weight is 238 g/mol. The minimum Gasteiger partial charge on any atom is -0.392 e. The third-order valence-electron chi connectivity index (χ3n) is 3.00. The number of rotatable bonds is 3. The maximum absolute atomic E-state index is 9.18. The lowest BCUT2D eigenvalue weighted by atomic mass is 10.2. The van der Waals surface area contributed by atoms with Gasteiger partial charge in [0.05, 0.1) is 6.61 Å². The second-order valence-corrected chi connectivity index (χ2v) is 5.41. The van der Waals surface area contributed by atoms with Gasteiger partial charge in [-0.25, -0.2) is 4.98 Å². The van der Waals surface area contributed by atoms with Crippen molar-refractivity contribution in [2.24, 2.45) is 0 Å². The number of anilines is 1. The first-order chi connectivity index (χ1) is 7.70. The molecule has 1 aromatic heterocycles. The summed E-state index contributed by atoms with van der Waals surface area (Å²) in [7, 11) is 2.10. The Morgan fingerprint density at radius 2 is 2.38 bits per heavy atom. The van der Waals surface area contributed by atoms with Gasteiger partial charge >= 0.3 is 0 Å². The molecule has 1 aliphatic rings. The van der Waals surface area contributed by atoms with E-state index in [2.05, 4.69) is 16.9 Å². The van der Waals surface area contributed by atoms with Gasteiger partial charge in [0.15, 0.2) is 0 Å². The van der Waals surface area contributed by atoms with Crippen LogP contribution >= 0.6 is 11.8 Å². The number of aromatic nitrogens is 1. The van der Waals surface area contributed by atoms with Crippen LogP contribution in [0.25, 0.3) is 0 Å². The van der Waals surface area contributed by atoms with E-state index in [9.17, 15) is 5.11 Å². The molecule has 1 unspecified atom stereocenters. The van der Waals surface area contributed by atoms with Crippen LogP contribution in [0.15, 0.2) is 12.1 Å². The van der Waals surface area contributed by atoms with Crippen molar-refractivity contribution in [2.75, 3.05) is 23.5 Å². The van der Waals surface area contributed by atoms with Crippen molar-refractivity contribution >= 4 is 17.6 Å². The molecule has 0 radical (unpaired) electrons. The lowest BCUT2D eigenvalue weighted by molar-refractivity contribution is 0.281. The Kier molecular flexibility index (Phi) is 3.71. The molecule has 0 spiro atoms. The molecule has 0 saturated carbocycles. The summed E-state index contributed by atoms with van der Waals surface area (Å²) in [4.78, 5) is 6.77. The van der Waals surface area contributed by atoms with Crippen LogP contribution < -0.4 is 4.90 Å². The van der Waals surface area contributed by atoms with Crippen molar-refractivity contribution in [3.63, 3.8) is 0 Å². The summed E-state index contributed by atoms with van der Waals surface area (Å²) in [6, 6.07) is 4.50. The van der Waals surface area contributed by atoms with E-state index in [1.807, 2.05) is 30.8 Å². The molecule has 2 rings (SSSR count). The first-order valence-electron chi connectivity index (χ1n) is 5.59. The number of pyridine rings is 1.